The molecule has 1 amide bonds. The summed E-state index contributed by atoms with van der Waals surface area (Å²) in [5.74, 6) is -1.43. The van der Waals surface area contributed by atoms with E-state index in [1.165, 1.54) is 10.6 Å². The van der Waals surface area contributed by atoms with E-state index < -0.39 is 11.5 Å². The molecule has 1 fully saturated rings. The normalized spacial score (nSPS) is 16.0. The van der Waals surface area contributed by atoms with Gasteiger partial charge >= 0.3 is 5.97 Å². The highest BCUT2D eigenvalue weighted by molar-refractivity contribution is 5.87. The quantitative estimate of drug-likeness (QED) is 0.822. The number of carbonyl (C=O) groups excluding carboxylic acids is 1. The maximum atomic E-state index is 12.3. The van der Waals surface area contributed by atoms with Crippen LogP contribution in [0.2, 0.25) is 0 Å². The fourth-order valence-electron chi connectivity index (χ4n) is 2.32. The third-order valence-corrected chi connectivity index (χ3v) is 3.77. The molecule has 1 aromatic heterocycles. The molecule has 1 aliphatic heterocycles. The Kier molecular flexibility index (Phi) is 4.42. The summed E-state index contributed by atoms with van der Waals surface area (Å²) in [6.07, 6.45) is 0. The first-order chi connectivity index (χ1) is 9.90. The van der Waals surface area contributed by atoms with Gasteiger partial charge in [0.1, 0.15) is 12.1 Å². The number of pyridine rings is 1. The molecule has 0 spiro atoms. The summed E-state index contributed by atoms with van der Waals surface area (Å²) in [5, 5.41) is 8.98. The fourth-order valence-corrected chi connectivity index (χ4v) is 2.32. The number of rotatable bonds is 3. The van der Waals surface area contributed by atoms with Crippen molar-refractivity contribution >= 4 is 11.9 Å². The molecule has 0 atom stereocenters. The van der Waals surface area contributed by atoms with E-state index in [1.54, 1.807) is 17.9 Å². The van der Waals surface area contributed by atoms with E-state index >= 15 is 0 Å². The maximum absolute atomic E-state index is 12.3. The van der Waals surface area contributed by atoms with Crippen molar-refractivity contribution in [3.63, 3.8) is 0 Å². The third-order valence-electron chi connectivity index (χ3n) is 3.77. The standard InChI is InChI=1S/C14H19N3O4/c1-10-3-4-11(14(20)21)13(19)17(10)9-12(18)16-7-5-15(2)6-8-16/h3-4H,5-9H2,1-2H3,(H,20,21). The molecule has 1 aromatic rings. The minimum absolute atomic E-state index is 0.116. The van der Waals surface area contributed by atoms with E-state index in [1.807, 2.05) is 7.05 Å². The van der Waals surface area contributed by atoms with Crippen molar-refractivity contribution in [1.82, 2.24) is 14.4 Å². The van der Waals surface area contributed by atoms with Crippen LogP contribution in [0.25, 0.3) is 0 Å². The summed E-state index contributed by atoms with van der Waals surface area (Å²) >= 11 is 0. The van der Waals surface area contributed by atoms with Crippen LogP contribution in [0.15, 0.2) is 16.9 Å². The van der Waals surface area contributed by atoms with Gasteiger partial charge in [-0.05, 0) is 26.1 Å². The van der Waals surface area contributed by atoms with Gasteiger partial charge in [-0.3, -0.25) is 9.59 Å². The zero-order valence-electron chi connectivity index (χ0n) is 12.2. The number of aryl methyl sites for hydroxylation is 1. The van der Waals surface area contributed by atoms with E-state index in [-0.39, 0.29) is 18.0 Å². The summed E-state index contributed by atoms with van der Waals surface area (Å²) in [6, 6.07) is 2.82. The molecule has 0 unspecified atom stereocenters. The van der Waals surface area contributed by atoms with Crippen molar-refractivity contribution in [3.8, 4) is 0 Å². The Balaban J connectivity index is 2.19. The molecule has 7 nitrogen and oxygen atoms in total. The zero-order chi connectivity index (χ0) is 15.6. The van der Waals surface area contributed by atoms with Gasteiger partial charge in [0.15, 0.2) is 0 Å². The predicted molar refractivity (Wildman–Crippen MR) is 76.5 cm³/mol. The lowest BCUT2D eigenvalue weighted by molar-refractivity contribution is -0.133. The lowest BCUT2D eigenvalue weighted by Gasteiger charge is -2.32. The Morgan fingerprint density at radius 1 is 1.19 bits per heavy atom. The average Bonchev–Trinajstić information content (AvgIpc) is 2.43. The van der Waals surface area contributed by atoms with Crippen LogP contribution in [0.3, 0.4) is 0 Å². The molecule has 7 heteroatoms. The number of amides is 1. The first kappa shape index (κ1) is 15.2. The molecule has 0 bridgehead atoms. The molecule has 2 heterocycles. The molecule has 1 saturated heterocycles. The van der Waals surface area contributed by atoms with Gasteiger partial charge in [-0.25, -0.2) is 4.79 Å². The second-order valence-corrected chi connectivity index (χ2v) is 5.27. The van der Waals surface area contributed by atoms with Crippen LogP contribution in [0, 0.1) is 6.92 Å². The Labute approximate surface area is 122 Å². The molecule has 2 rings (SSSR count). The Bertz CT molecular complexity index is 615. The van der Waals surface area contributed by atoms with Gasteiger partial charge in [0.05, 0.1) is 0 Å². The highest BCUT2D eigenvalue weighted by Crippen LogP contribution is 2.04. The Morgan fingerprint density at radius 3 is 2.38 bits per heavy atom. The number of carboxylic acid groups (broad SMARTS) is 1. The van der Waals surface area contributed by atoms with Gasteiger partial charge in [0.25, 0.3) is 5.56 Å². The number of carboxylic acids is 1. The van der Waals surface area contributed by atoms with E-state index in [0.29, 0.717) is 18.8 Å². The van der Waals surface area contributed by atoms with Gasteiger partial charge in [-0.2, -0.15) is 0 Å². The van der Waals surface area contributed by atoms with E-state index in [4.69, 9.17) is 5.11 Å². The first-order valence-electron chi connectivity index (χ1n) is 6.80. The number of carbonyl (C=O) groups is 2. The molecule has 21 heavy (non-hydrogen) atoms. The molecule has 114 valence electrons. The molecule has 0 radical (unpaired) electrons. The first-order valence-corrected chi connectivity index (χ1v) is 6.80. The van der Waals surface area contributed by atoms with Crippen molar-refractivity contribution < 1.29 is 14.7 Å². The summed E-state index contributed by atoms with van der Waals surface area (Å²) in [4.78, 5) is 39.2. The number of nitrogens with zero attached hydrogens (tertiary/aromatic N) is 3. The van der Waals surface area contributed by atoms with Crippen LogP contribution in [0.1, 0.15) is 16.1 Å². The van der Waals surface area contributed by atoms with Gasteiger partial charge in [0.2, 0.25) is 5.91 Å². The highest BCUT2D eigenvalue weighted by Gasteiger charge is 2.21. The predicted octanol–water partition coefficient (Wildman–Crippen LogP) is -0.371. The minimum Gasteiger partial charge on any atom is -0.477 e. The number of hydrogen-bond acceptors (Lipinski definition) is 4. The smallest absolute Gasteiger partial charge is 0.341 e. The minimum atomic E-state index is -1.28. The molecule has 0 aliphatic carbocycles. The average molecular weight is 293 g/mol. The van der Waals surface area contributed by atoms with Gasteiger partial charge in [0, 0.05) is 31.9 Å². The third kappa shape index (κ3) is 3.30. The molecule has 1 aliphatic rings. The van der Waals surface area contributed by atoms with Crippen LogP contribution in [0.4, 0.5) is 0 Å². The van der Waals surface area contributed by atoms with Gasteiger partial charge in [-0.15, -0.1) is 0 Å². The monoisotopic (exact) mass is 293 g/mol. The highest BCUT2D eigenvalue weighted by atomic mass is 16.4. The van der Waals surface area contributed by atoms with Crippen molar-refractivity contribution in [2.75, 3.05) is 33.2 Å². The van der Waals surface area contributed by atoms with Crippen molar-refractivity contribution in [3.05, 3.63) is 33.7 Å². The van der Waals surface area contributed by atoms with Gasteiger partial charge in [-0.1, -0.05) is 0 Å². The molecular weight excluding hydrogens is 274 g/mol. The van der Waals surface area contributed by atoms with Crippen molar-refractivity contribution in [2.24, 2.45) is 0 Å². The van der Waals surface area contributed by atoms with Crippen LogP contribution in [-0.2, 0) is 11.3 Å². The largest absolute Gasteiger partial charge is 0.477 e. The van der Waals surface area contributed by atoms with Crippen LogP contribution >= 0.6 is 0 Å². The summed E-state index contributed by atoms with van der Waals surface area (Å²) in [6.45, 7) is 4.42. The second-order valence-electron chi connectivity index (χ2n) is 5.27. The van der Waals surface area contributed by atoms with E-state index in [9.17, 15) is 14.4 Å². The number of piperazine rings is 1. The zero-order valence-corrected chi connectivity index (χ0v) is 12.2. The summed E-state index contributed by atoms with van der Waals surface area (Å²) in [5.41, 5.74) is -0.371. The number of aromatic nitrogens is 1. The van der Waals surface area contributed by atoms with Crippen molar-refractivity contribution in [2.45, 2.75) is 13.5 Å². The molecule has 0 saturated carbocycles. The van der Waals surface area contributed by atoms with Crippen LogP contribution < -0.4 is 5.56 Å². The number of likely N-dealkylation sites (N-methyl/N-ethyl adjacent to an activating group) is 1. The van der Waals surface area contributed by atoms with Crippen molar-refractivity contribution in [1.29, 1.82) is 0 Å². The molecule has 0 aromatic carbocycles. The summed E-state index contributed by atoms with van der Waals surface area (Å²) in [7, 11) is 1.99. The van der Waals surface area contributed by atoms with Crippen LogP contribution in [-0.4, -0.2) is 64.6 Å². The SMILES string of the molecule is Cc1ccc(C(=O)O)c(=O)n1CC(=O)N1CCN(C)CC1. The summed E-state index contributed by atoms with van der Waals surface area (Å²) < 4.78 is 1.23. The fraction of sp³-hybridized carbons (Fsp3) is 0.500. The number of aromatic carboxylic acids is 1. The topological polar surface area (TPSA) is 82.8 Å². The van der Waals surface area contributed by atoms with E-state index in [2.05, 4.69) is 4.90 Å². The second kappa shape index (κ2) is 6.09. The molecular formula is C14H19N3O4. The maximum Gasteiger partial charge on any atom is 0.341 e. The van der Waals surface area contributed by atoms with Gasteiger partial charge < -0.3 is 19.5 Å². The van der Waals surface area contributed by atoms with Crippen LogP contribution in [0.5, 0.6) is 0 Å². The lowest BCUT2D eigenvalue weighted by Crippen LogP contribution is -2.48. The van der Waals surface area contributed by atoms with E-state index in [0.717, 1.165) is 13.1 Å². The molecule has 1 N–H and O–H groups in total. The lowest BCUT2D eigenvalue weighted by atomic mass is 10.2. The Hall–Kier alpha value is -2.15. The Morgan fingerprint density at radius 2 is 1.81 bits per heavy atom. The number of hydrogen-bond donors (Lipinski definition) is 1.